The van der Waals surface area contributed by atoms with E-state index in [1.165, 1.54) is 0 Å². The van der Waals surface area contributed by atoms with Gasteiger partial charge in [0.05, 0.1) is 9.81 Å². The van der Waals surface area contributed by atoms with Crippen molar-refractivity contribution in [2.45, 2.75) is 6.10 Å². The van der Waals surface area contributed by atoms with Crippen LogP contribution in [0.1, 0.15) is 11.7 Å². The summed E-state index contributed by atoms with van der Waals surface area (Å²) in [5.74, 6) is 1.95. The first kappa shape index (κ1) is 11.9. The van der Waals surface area contributed by atoms with E-state index in [2.05, 4.69) is 0 Å². The van der Waals surface area contributed by atoms with Gasteiger partial charge in [0.15, 0.2) is 0 Å². The molecule has 4 heteroatoms. The number of esters is 1. The summed E-state index contributed by atoms with van der Waals surface area (Å²) in [4.78, 5) is 12.0. The third-order valence-electron chi connectivity index (χ3n) is 2.79. The largest absolute Gasteiger partial charge is 0.450 e. The molecule has 0 aromatic heterocycles. The molecule has 1 atom stereocenters. The normalized spacial score (nSPS) is 23.3. The minimum Gasteiger partial charge on any atom is -0.450 e. The first-order valence-corrected chi connectivity index (χ1v) is 7.76. The van der Waals surface area contributed by atoms with E-state index >= 15 is 0 Å². The molecule has 0 N–H and O–H groups in total. The molecule has 3 rings (SSSR count). The zero-order valence-corrected chi connectivity index (χ0v) is 11.3. The number of rotatable bonds is 1. The van der Waals surface area contributed by atoms with Gasteiger partial charge in [-0.2, -0.15) is 0 Å². The van der Waals surface area contributed by atoms with Crippen molar-refractivity contribution in [3.63, 3.8) is 0 Å². The van der Waals surface area contributed by atoms with Gasteiger partial charge in [-0.1, -0.05) is 30.3 Å². The van der Waals surface area contributed by atoms with Gasteiger partial charge in [0.2, 0.25) is 0 Å². The highest BCUT2D eigenvalue weighted by Crippen LogP contribution is 2.41. The molecule has 2 nitrogen and oxygen atoms in total. The molecule has 2 aliphatic rings. The van der Waals surface area contributed by atoms with Crippen molar-refractivity contribution in [1.82, 2.24) is 0 Å². The first-order valence-electron chi connectivity index (χ1n) is 5.78. The van der Waals surface area contributed by atoms with Gasteiger partial charge in [-0.15, -0.1) is 23.5 Å². The molecular formula is C14H12O2S2. The summed E-state index contributed by atoms with van der Waals surface area (Å²) in [6, 6.07) is 9.80. The van der Waals surface area contributed by atoms with Crippen molar-refractivity contribution in [3.05, 3.63) is 57.9 Å². The van der Waals surface area contributed by atoms with Gasteiger partial charge in [0.1, 0.15) is 6.10 Å². The molecule has 1 aromatic rings. The third-order valence-corrected chi connectivity index (χ3v) is 5.54. The summed E-state index contributed by atoms with van der Waals surface area (Å²) in [6.45, 7) is 0. The van der Waals surface area contributed by atoms with Gasteiger partial charge in [-0.05, 0) is 17.7 Å². The topological polar surface area (TPSA) is 26.3 Å². The number of ether oxygens (including phenoxy) is 1. The van der Waals surface area contributed by atoms with E-state index in [0.29, 0.717) is 0 Å². The summed E-state index contributed by atoms with van der Waals surface area (Å²) in [5, 5.41) is 0. The second-order valence-electron chi connectivity index (χ2n) is 3.99. The number of hydrogen-bond acceptors (Lipinski definition) is 4. The molecule has 1 saturated heterocycles. The van der Waals surface area contributed by atoms with Crippen LogP contribution in [0.25, 0.3) is 0 Å². The van der Waals surface area contributed by atoms with Crippen LogP contribution in [0.3, 0.4) is 0 Å². The lowest BCUT2D eigenvalue weighted by Crippen LogP contribution is -2.16. The Balaban J connectivity index is 1.87. The molecule has 18 heavy (non-hydrogen) atoms. The van der Waals surface area contributed by atoms with Crippen LogP contribution >= 0.6 is 23.5 Å². The van der Waals surface area contributed by atoms with Gasteiger partial charge in [-0.25, -0.2) is 4.79 Å². The molecule has 0 unspecified atom stereocenters. The van der Waals surface area contributed by atoms with Crippen LogP contribution in [-0.4, -0.2) is 17.5 Å². The van der Waals surface area contributed by atoms with E-state index in [9.17, 15) is 4.79 Å². The predicted molar refractivity (Wildman–Crippen MR) is 76.4 cm³/mol. The Bertz CT molecular complexity index is 512. The fourth-order valence-corrected chi connectivity index (χ4v) is 4.39. The second-order valence-corrected chi connectivity index (χ2v) is 6.46. The molecule has 92 valence electrons. The molecule has 0 aliphatic carbocycles. The molecule has 0 radical (unpaired) electrons. The van der Waals surface area contributed by atoms with Crippen molar-refractivity contribution in [3.8, 4) is 0 Å². The van der Waals surface area contributed by atoms with Crippen LogP contribution < -0.4 is 0 Å². The van der Waals surface area contributed by atoms with Crippen LogP contribution in [0.2, 0.25) is 0 Å². The highest BCUT2D eigenvalue weighted by atomic mass is 32.2. The van der Waals surface area contributed by atoms with Gasteiger partial charge in [-0.3, -0.25) is 0 Å². The molecule has 2 aliphatic heterocycles. The zero-order chi connectivity index (χ0) is 12.4. The van der Waals surface area contributed by atoms with Crippen LogP contribution in [-0.2, 0) is 9.53 Å². The molecule has 1 aromatic carbocycles. The van der Waals surface area contributed by atoms with Crippen molar-refractivity contribution < 1.29 is 9.53 Å². The highest BCUT2D eigenvalue weighted by Gasteiger charge is 2.25. The molecule has 1 fully saturated rings. The summed E-state index contributed by atoms with van der Waals surface area (Å²) in [7, 11) is 0. The van der Waals surface area contributed by atoms with Gasteiger partial charge in [0.25, 0.3) is 0 Å². The second kappa shape index (κ2) is 5.24. The third kappa shape index (κ3) is 2.35. The minimum atomic E-state index is -0.251. The van der Waals surface area contributed by atoms with Crippen molar-refractivity contribution in [1.29, 1.82) is 0 Å². The fraction of sp³-hybridized carbons (Fsp3) is 0.214. The van der Waals surface area contributed by atoms with E-state index in [0.717, 1.165) is 26.9 Å². The summed E-state index contributed by atoms with van der Waals surface area (Å²) >= 11 is 3.48. The van der Waals surface area contributed by atoms with Crippen LogP contribution in [0.5, 0.6) is 0 Å². The summed E-state index contributed by atoms with van der Waals surface area (Å²) < 4.78 is 6.59. The number of benzene rings is 1. The standard InChI is InChI=1S/C14H12O2S2/c15-13-11(14-17-8-9-18-14)6-7-12(16-13)10-4-2-1-3-5-10/h1-7,12H,8-9H2/t12-/m1/s1. The number of carbonyl (C=O) groups excluding carboxylic acids is 1. The molecule has 0 spiro atoms. The molecule has 2 heterocycles. The smallest absolute Gasteiger partial charge is 0.340 e. The van der Waals surface area contributed by atoms with Crippen molar-refractivity contribution in [2.24, 2.45) is 0 Å². The maximum Gasteiger partial charge on any atom is 0.340 e. The monoisotopic (exact) mass is 276 g/mol. The van der Waals surface area contributed by atoms with Crippen molar-refractivity contribution >= 4 is 29.5 Å². The van der Waals surface area contributed by atoms with E-state index in [1.807, 2.05) is 42.5 Å². The lowest BCUT2D eigenvalue weighted by Gasteiger charge is -2.20. The van der Waals surface area contributed by atoms with Crippen LogP contribution in [0, 0.1) is 0 Å². The number of cyclic esters (lactones) is 1. The van der Waals surface area contributed by atoms with E-state index in [1.54, 1.807) is 23.5 Å². The Morgan fingerprint density at radius 2 is 1.83 bits per heavy atom. The summed E-state index contributed by atoms with van der Waals surface area (Å²) in [6.07, 6.45) is 3.61. The molecule has 0 saturated carbocycles. The van der Waals surface area contributed by atoms with Gasteiger partial charge in [0, 0.05) is 11.5 Å². The SMILES string of the molecule is O=C1O[C@@H](c2ccccc2)C=CC1=C1SCCS1. The van der Waals surface area contributed by atoms with E-state index in [-0.39, 0.29) is 12.1 Å². The molecular weight excluding hydrogens is 264 g/mol. The average molecular weight is 276 g/mol. The Labute approximate surface area is 114 Å². The number of carbonyl (C=O) groups is 1. The minimum absolute atomic E-state index is 0.205. The fourth-order valence-electron chi connectivity index (χ4n) is 1.91. The van der Waals surface area contributed by atoms with Crippen LogP contribution in [0.15, 0.2) is 52.3 Å². The lowest BCUT2D eigenvalue weighted by atomic mass is 10.1. The summed E-state index contributed by atoms with van der Waals surface area (Å²) in [5.41, 5.74) is 1.73. The average Bonchev–Trinajstić information content (AvgIpc) is 2.93. The molecule has 0 bridgehead atoms. The van der Waals surface area contributed by atoms with Gasteiger partial charge < -0.3 is 4.74 Å². The lowest BCUT2D eigenvalue weighted by molar-refractivity contribution is -0.142. The maximum absolute atomic E-state index is 12.0. The quantitative estimate of drug-likeness (QED) is 0.579. The molecule has 0 amide bonds. The maximum atomic E-state index is 12.0. The van der Waals surface area contributed by atoms with Crippen molar-refractivity contribution in [2.75, 3.05) is 11.5 Å². The van der Waals surface area contributed by atoms with E-state index < -0.39 is 0 Å². The number of hydrogen-bond donors (Lipinski definition) is 0. The number of thioether (sulfide) groups is 2. The predicted octanol–water partition coefficient (Wildman–Crippen LogP) is 3.53. The van der Waals surface area contributed by atoms with E-state index in [4.69, 9.17) is 4.74 Å². The van der Waals surface area contributed by atoms with Gasteiger partial charge >= 0.3 is 5.97 Å². The Kier molecular flexibility index (Phi) is 3.48. The Morgan fingerprint density at radius 1 is 1.11 bits per heavy atom. The highest BCUT2D eigenvalue weighted by molar-refractivity contribution is 8.25. The first-order chi connectivity index (χ1) is 8.84. The Morgan fingerprint density at radius 3 is 2.50 bits per heavy atom. The Hall–Kier alpha value is -1.13. The van der Waals surface area contributed by atoms with Crippen LogP contribution in [0.4, 0.5) is 0 Å². The zero-order valence-electron chi connectivity index (χ0n) is 9.67.